The normalized spacial score (nSPS) is 17.0. The van der Waals surface area contributed by atoms with E-state index in [0.717, 1.165) is 4.88 Å². The lowest BCUT2D eigenvalue weighted by Crippen LogP contribution is -2.41. The van der Waals surface area contributed by atoms with Gasteiger partial charge in [-0.1, -0.05) is 0 Å². The number of likely N-dealkylation sites (tertiary alicyclic amines) is 1. The summed E-state index contributed by atoms with van der Waals surface area (Å²) in [5.74, 6) is -0.321. The number of carbonyl (C=O) groups is 2. The molecule has 1 aliphatic heterocycles. The molecule has 2 heterocycles. The minimum absolute atomic E-state index is 0.00831. The molecule has 0 aromatic carbocycles. The maximum absolute atomic E-state index is 12.0. The first kappa shape index (κ1) is 13.8. The van der Waals surface area contributed by atoms with Gasteiger partial charge >= 0.3 is 0 Å². The average molecular weight is 278 g/mol. The van der Waals surface area contributed by atoms with Crippen molar-refractivity contribution in [2.75, 3.05) is 13.1 Å². The van der Waals surface area contributed by atoms with E-state index in [1.165, 1.54) is 4.88 Å². The second-order valence-corrected chi connectivity index (χ2v) is 6.10. The zero-order valence-electron chi connectivity index (χ0n) is 11.0. The van der Waals surface area contributed by atoms with Crippen LogP contribution in [0.15, 0.2) is 18.2 Å². The molecule has 5 heteroatoms. The summed E-state index contributed by atoms with van der Waals surface area (Å²) in [6.07, 6.45) is 4.80. The fourth-order valence-corrected chi connectivity index (χ4v) is 2.97. The van der Waals surface area contributed by atoms with E-state index in [4.69, 9.17) is 5.73 Å². The molecule has 1 fully saturated rings. The largest absolute Gasteiger partial charge is 0.369 e. The average Bonchev–Trinajstić information content (AvgIpc) is 2.82. The topological polar surface area (TPSA) is 63.4 Å². The van der Waals surface area contributed by atoms with Gasteiger partial charge in [-0.25, -0.2) is 0 Å². The van der Waals surface area contributed by atoms with Gasteiger partial charge in [-0.15, -0.1) is 11.3 Å². The summed E-state index contributed by atoms with van der Waals surface area (Å²) in [5, 5.41) is 0. The molecule has 1 aromatic heterocycles. The van der Waals surface area contributed by atoms with Gasteiger partial charge in [0.1, 0.15) is 0 Å². The SMILES string of the molecule is Cc1ccc(/C=C/C(=O)N2CCC(C(N)=O)CC2)s1. The third-order valence-electron chi connectivity index (χ3n) is 3.36. The summed E-state index contributed by atoms with van der Waals surface area (Å²) in [5.41, 5.74) is 5.27. The Balaban J connectivity index is 1.88. The standard InChI is InChI=1S/C14H18N2O2S/c1-10-2-3-12(19-10)4-5-13(17)16-8-6-11(7-9-16)14(15)18/h2-5,11H,6-9H2,1H3,(H2,15,18)/b5-4+. The molecular formula is C14H18N2O2S. The van der Waals surface area contributed by atoms with Crippen molar-refractivity contribution in [2.45, 2.75) is 19.8 Å². The van der Waals surface area contributed by atoms with E-state index in [2.05, 4.69) is 0 Å². The van der Waals surface area contributed by atoms with Crippen molar-refractivity contribution in [1.82, 2.24) is 4.90 Å². The van der Waals surface area contributed by atoms with Crippen LogP contribution in [0.4, 0.5) is 0 Å². The van der Waals surface area contributed by atoms with E-state index in [9.17, 15) is 9.59 Å². The Morgan fingerprint density at radius 3 is 2.58 bits per heavy atom. The first-order chi connectivity index (χ1) is 9.06. The molecule has 0 unspecified atom stereocenters. The van der Waals surface area contributed by atoms with Gasteiger partial charge in [0.25, 0.3) is 0 Å². The van der Waals surface area contributed by atoms with Crippen LogP contribution in [-0.2, 0) is 9.59 Å². The number of hydrogen-bond donors (Lipinski definition) is 1. The number of rotatable bonds is 3. The van der Waals surface area contributed by atoms with Crippen molar-refractivity contribution in [1.29, 1.82) is 0 Å². The molecule has 0 aliphatic carbocycles. The first-order valence-electron chi connectivity index (χ1n) is 6.39. The zero-order chi connectivity index (χ0) is 13.8. The molecular weight excluding hydrogens is 260 g/mol. The van der Waals surface area contributed by atoms with Crippen LogP contribution in [0.25, 0.3) is 6.08 Å². The molecule has 102 valence electrons. The third-order valence-corrected chi connectivity index (χ3v) is 4.33. The number of primary amides is 1. The van der Waals surface area contributed by atoms with E-state index in [1.807, 2.05) is 25.1 Å². The number of hydrogen-bond acceptors (Lipinski definition) is 3. The van der Waals surface area contributed by atoms with Crippen molar-refractivity contribution < 1.29 is 9.59 Å². The monoisotopic (exact) mass is 278 g/mol. The highest BCUT2D eigenvalue weighted by Crippen LogP contribution is 2.19. The zero-order valence-corrected chi connectivity index (χ0v) is 11.8. The lowest BCUT2D eigenvalue weighted by Gasteiger charge is -2.29. The number of thiophene rings is 1. The molecule has 0 radical (unpaired) electrons. The molecule has 2 N–H and O–H groups in total. The van der Waals surface area contributed by atoms with Crippen LogP contribution in [0.2, 0.25) is 0 Å². The second kappa shape index (κ2) is 6.02. The van der Waals surface area contributed by atoms with Crippen molar-refractivity contribution in [2.24, 2.45) is 11.7 Å². The molecule has 4 nitrogen and oxygen atoms in total. The lowest BCUT2D eigenvalue weighted by atomic mass is 9.96. The number of piperidine rings is 1. The molecule has 1 aromatic rings. The van der Waals surface area contributed by atoms with Gasteiger partial charge < -0.3 is 10.6 Å². The molecule has 19 heavy (non-hydrogen) atoms. The number of nitrogens with zero attached hydrogens (tertiary/aromatic N) is 1. The summed E-state index contributed by atoms with van der Waals surface area (Å²) in [4.78, 5) is 27.1. The second-order valence-electron chi connectivity index (χ2n) is 4.78. The van der Waals surface area contributed by atoms with Crippen LogP contribution in [0.1, 0.15) is 22.6 Å². The van der Waals surface area contributed by atoms with Gasteiger partial charge in [0.05, 0.1) is 0 Å². The van der Waals surface area contributed by atoms with Crippen LogP contribution >= 0.6 is 11.3 Å². The van der Waals surface area contributed by atoms with E-state index in [1.54, 1.807) is 22.3 Å². The number of aryl methyl sites for hydroxylation is 1. The fourth-order valence-electron chi connectivity index (χ4n) is 2.19. The quantitative estimate of drug-likeness (QED) is 0.857. The summed E-state index contributed by atoms with van der Waals surface area (Å²) in [6.45, 7) is 3.26. The highest BCUT2D eigenvalue weighted by Gasteiger charge is 2.24. The highest BCUT2D eigenvalue weighted by molar-refractivity contribution is 7.12. The number of nitrogens with two attached hydrogens (primary N) is 1. The predicted molar refractivity (Wildman–Crippen MR) is 76.6 cm³/mol. The highest BCUT2D eigenvalue weighted by atomic mass is 32.1. The van der Waals surface area contributed by atoms with Crippen LogP contribution in [0.3, 0.4) is 0 Å². The van der Waals surface area contributed by atoms with Crippen molar-refractivity contribution >= 4 is 29.2 Å². The van der Waals surface area contributed by atoms with Gasteiger partial charge in [-0.2, -0.15) is 0 Å². The van der Waals surface area contributed by atoms with Gasteiger partial charge in [0.15, 0.2) is 0 Å². The van der Waals surface area contributed by atoms with Crippen molar-refractivity contribution in [3.63, 3.8) is 0 Å². The Hall–Kier alpha value is -1.62. The summed E-state index contributed by atoms with van der Waals surface area (Å²) < 4.78 is 0. The smallest absolute Gasteiger partial charge is 0.246 e. The molecule has 1 saturated heterocycles. The minimum Gasteiger partial charge on any atom is -0.369 e. The molecule has 2 rings (SSSR count). The fraction of sp³-hybridized carbons (Fsp3) is 0.429. The molecule has 0 saturated carbocycles. The van der Waals surface area contributed by atoms with Gasteiger partial charge in [0, 0.05) is 34.8 Å². The van der Waals surface area contributed by atoms with E-state index in [-0.39, 0.29) is 17.7 Å². The molecule has 0 spiro atoms. The molecule has 1 aliphatic rings. The summed E-state index contributed by atoms with van der Waals surface area (Å²) >= 11 is 1.66. The Kier molecular flexibility index (Phi) is 4.37. The van der Waals surface area contributed by atoms with Crippen molar-refractivity contribution in [3.8, 4) is 0 Å². The van der Waals surface area contributed by atoms with E-state index >= 15 is 0 Å². The van der Waals surface area contributed by atoms with Gasteiger partial charge in [-0.3, -0.25) is 9.59 Å². The molecule has 0 atom stereocenters. The van der Waals surface area contributed by atoms with Crippen LogP contribution in [-0.4, -0.2) is 29.8 Å². The number of carbonyl (C=O) groups excluding carboxylic acids is 2. The van der Waals surface area contributed by atoms with E-state index in [0.29, 0.717) is 25.9 Å². The Labute approximate surface area is 116 Å². The van der Waals surface area contributed by atoms with Crippen LogP contribution in [0.5, 0.6) is 0 Å². The maximum atomic E-state index is 12.0. The van der Waals surface area contributed by atoms with Gasteiger partial charge in [-0.05, 0) is 38.0 Å². The summed E-state index contributed by atoms with van der Waals surface area (Å²) in [6, 6.07) is 4.04. The lowest BCUT2D eigenvalue weighted by molar-refractivity contribution is -0.130. The first-order valence-corrected chi connectivity index (χ1v) is 7.20. The van der Waals surface area contributed by atoms with E-state index < -0.39 is 0 Å². The number of amides is 2. The molecule has 0 bridgehead atoms. The Bertz CT molecular complexity index is 499. The minimum atomic E-state index is -0.253. The molecule has 2 amide bonds. The van der Waals surface area contributed by atoms with Crippen LogP contribution in [0, 0.1) is 12.8 Å². The van der Waals surface area contributed by atoms with Gasteiger partial charge in [0.2, 0.25) is 11.8 Å². The van der Waals surface area contributed by atoms with Crippen molar-refractivity contribution in [3.05, 3.63) is 28.0 Å². The van der Waals surface area contributed by atoms with Crippen LogP contribution < -0.4 is 5.73 Å². The Morgan fingerprint density at radius 1 is 1.37 bits per heavy atom. The summed E-state index contributed by atoms with van der Waals surface area (Å²) in [7, 11) is 0. The third kappa shape index (κ3) is 3.67. The Morgan fingerprint density at radius 2 is 2.05 bits per heavy atom. The maximum Gasteiger partial charge on any atom is 0.246 e. The predicted octanol–water partition coefficient (Wildman–Crippen LogP) is 1.79.